The molecule has 5 heteroatoms. The van der Waals surface area contributed by atoms with E-state index in [0.29, 0.717) is 6.54 Å². The molecule has 4 nitrogen and oxygen atoms in total. The zero-order valence-electron chi connectivity index (χ0n) is 11.1. The lowest BCUT2D eigenvalue weighted by molar-refractivity contribution is 0.235. The number of rotatable bonds is 6. The Hall–Kier alpha value is -1.07. The molecule has 0 heterocycles. The smallest absolute Gasteiger partial charge is 0.148 e. The average molecular weight is 271 g/mol. The fraction of sp³-hybridized carbons (Fsp3) is 0.538. The lowest BCUT2D eigenvalue weighted by Gasteiger charge is -2.27. The van der Waals surface area contributed by atoms with Crippen molar-refractivity contribution in [2.75, 3.05) is 25.1 Å². The van der Waals surface area contributed by atoms with Crippen molar-refractivity contribution in [2.24, 2.45) is 0 Å². The Balaban J connectivity index is 2.76. The van der Waals surface area contributed by atoms with E-state index in [1.54, 1.807) is 18.2 Å². The van der Waals surface area contributed by atoms with Crippen LogP contribution in [0.4, 0.5) is 0 Å². The zero-order chi connectivity index (χ0) is 13.8. The predicted molar refractivity (Wildman–Crippen MR) is 73.5 cm³/mol. The Morgan fingerprint density at radius 3 is 2.56 bits per heavy atom. The molecule has 102 valence electrons. The molecule has 18 heavy (non-hydrogen) atoms. The summed E-state index contributed by atoms with van der Waals surface area (Å²) in [6.45, 7) is 5.29. The predicted octanol–water partition coefficient (Wildman–Crippen LogP) is 1.82. The highest BCUT2D eigenvalue weighted by Crippen LogP contribution is 2.22. The molecular formula is C13H21NO3S. The Morgan fingerprint density at radius 2 is 2.06 bits per heavy atom. The van der Waals surface area contributed by atoms with Gasteiger partial charge in [-0.2, -0.15) is 0 Å². The molecule has 0 saturated carbocycles. The van der Waals surface area contributed by atoms with E-state index in [1.165, 1.54) is 6.26 Å². The number of phenolic OH excluding ortho intramolecular Hbond substituents is 1. The second-order valence-electron chi connectivity index (χ2n) is 4.53. The highest BCUT2D eigenvalue weighted by atomic mass is 32.2. The maximum atomic E-state index is 11.2. The van der Waals surface area contributed by atoms with Crippen molar-refractivity contribution in [3.63, 3.8) is 0 Å². The standard InChI is InChI=1S/C13H21NO3S/c1-4-14(8-9-18(3,16)17)11(2)12-6-5-7-13(15)10-12/h5-7,10-11,15H,4,8-9H2,1-3H3/t11-/m1/s1. The topological polar surface area (TPSA) is 57.6 Å². The van der Waals surface area contributed by atoms with E-state index in [9.17, 15) is 13.5 Å². The second kappa shape index (κ2) is 6.20. The van der Waals surface area contributed by atoms with E-state index < -0.39 is 9.84 Å². The third kappa shape index (κ3) is 4.66. The van der Waals surface area contributed by atoms with Gasteiger partial charge in [0.25, 0.3) is 0 Å². The summed E-state index contributed by atoms with van der Waals surface area (Å²) in [7, 11) is -2.94. The molecular weight excluding hydrogens is 250 g/mol. The number of sulfone groups is 1. The summed E-state index contributed by atoms with van der Waals surface area (Å²) in [5, 5.41) is 9.46. The third-order valence-corrected chi connectivity index (χ3v) is 3.98. The molecule has 0 aliphatic rings. The van der Waals surface area contributed by atoms with Gasteiger partial charge in [-0.1, -0.05) is 19.1 Å². The van der Waals surface area contributed by atoms with Gasteiger partial charge in [0.05, 0.1) is 5.75 Å². The van der Waals surface area contributed by atoms with Crippen LogP contribution < -0.4 is 0 Å². The van der Waals surface area contributed by atoms with Gasteiger partial charge >= 0.3 is 0 Å². The van der Waals surface area contributed by atoms with Crippen LogP contribution in [0.25, 0.3) is 0 Å². The van der Waals surface area contributed by atoms with Crippen molar-refractivity contribution in [1.29, 1.82) is 0 Å². The first-order valence-corrected chi connectivity index (χ1v) is 8.10. The van der Waals surface area contributed by atoms with Crippen molar-refractivity contribution in [2.45, 2.75) is 19.9 Å². The highest BCUT2D eigenvalue weighted by molar-refractivity contribution is 7.90. The van der Waals surface area contributed by atoms with Gasteiger partial charge in [0.1, 0.15) is 15.6 Å². The number of nitrogens with zero attached hydrogens (tertiary/aromatic N) is 1. The lowest BCUT2D eigenvalue weighted by Crippen LogP contribution is -2.31. The molecule has 1 aromatic carbocycles. The Bertz CT molecular complexity index is 485. The van der Waals surface area contributed by atoms with E-state index in [1.807, 2.05) is 19.9 Å². The minimum atomic E-state index is -2.94. The summed E-state index contributed by atoms with van der Waals surface area (Å²) < 4.78 is 22.4. The van der Waals surface area contributed by atoms with Crippen LogP contribution in [0, 0.1) is 0 Å². The molecule has 1 rings (SSSR count). The maximum Gasteiger partial charge on any atom is 0.148 e. The van der Waals surface area contributed by atoms with Crippen LogP contribution >= 0.6 is 0 Å². The molecule has 0 fully saturated rings. The number of hydrogen-bond donors (Lipinski definition) is 1. The minimum absolute atomic E-state index is 0.0869. The first-order chi connectivity index (χ1) is 8.33. The van der Waals surface area contributed by atoms with Crippen LogP contribution in [0.1, 0.15) is 25.5 Å². The van der Waals surface area contributed by atoms with Gasteiger partial charge in [-0.3, -0.25) is 4.90 Å². The van der Waals surface area contributed by atoms with Crippen molar-refractivity contribution in [3.05, 3.63) is 29.8 Å². The van der Waals surface area contributed by atoms with E-state index in [0.717, 1.165) is 12.1 Å². The number of hydrogen-bond acceptors (Lipinski definition) is 4. The summed E-state index contributed by atoms with van der Waals surface area (Å²) in [6, 6.07) is 7.17. The highest BCUT2D eigenvalue weighted by Gasteiger charge is 2.16. The third-order valence-electron chi connectivity index (χ3n) is 3.06. The molecule has 0 aliphatic heterocycles. The fourth-order valence-electron chi connectivity index (χ4n) is 1.90. The van der Waals surface area contributed by atoms with Gasteiger partial charge in [0, 0.05) is 18.8 Å². The molecule has 0 saturated heterocycles. The molecule has 1 aromatic rings. The molecule has 0 amide bonds. The van der Waals surface area contributed by atoms with Crippen LogP contribution in [0.5, 0.6) is 5.75 Å². The summed E-state index contributed by atoms with van der Waals surface area (Å²) in [5.74, 6) is 0.391. The number of aromatic hydroxyl groups is 1. The van der Waals surface area contributed by atoms with Crippen molar-refractivity contribution < 1.29 is 13.5 Å². The number of phenols is 1. The van der Waals surface area contributed by atoms with Gasteiger partial charge in [0.2, 0.25) is 0 Å². The van der Waals surface area contributed by atoms with E-state index >= 15 is 0 Å². The van der Waals surface area contributed by atoms with E-state index in [4.69, 9.17) is 0 Å². The van der Waals surface area contributed by atoms with Crippen LogP contribution in [-0.4, -0.2) is 43.5 Å². The quantitative estimate of drug-likeness (QED) is 0.857. The molecule has 0 aliphatic carbocycles. The summed E-state index contributed by atoms with van der Waals surface area (Å²) in [5.41, 5.74) is 0.991. The van der Waals surface area contributed by atoms with Crippen LogP contribution in [-0.2, 0) is 9.84 Å². The molecule has 0 bridgehead atoms. The SMILES string of the molecule is CCN(CCS(C)(=O)=O)[C@H](C)c1cccc(O)c1. The second-order valence-corrected chi connectivity index (χ2v) is 6.79. The van der Waals surface area contributed by atoms with Crippen LogP contribution in [0.2, 0.25) is 0 Å². The van der Waals surface area contributed by atoms with E-state index in [-0.39, 0.29) is 17.5 Å². The van der Waals surface area contributed by atoms with Crippen LogP contribution in [0.15, 0.2) is 24.3 Å². The summed E-state index contributed by atoms with van der Waals surface area (Å²) in [4.78, 5) is 2.08. The van der Waals surface area contributed by atoms with Gasteiger partial charge in [-0.15, -0.1) is 0 Å². The molecule has 0 unspecified atom stereocenters. The van der Waals surface area contributed by atoms with Gasteiger partial charge < -0.3 is 5.11 Å². The van der Waals surface area contributed by atoms with E-state index in [2.05, 4.69) is 4.90 Å². The van der Waals surface area contributed by atoms with Crippen molar-refractivity contribution >= 4 is 9.84 Å². The first-order valence-electron chi connectivity index (χ1n) is 6.04. The zero-order valence-corrected chi connectivity index (χ0v) is 11.9. The maximum absolute atomic E-state index is 11.2. The lowest BCUT2D eigenvalue weighted by atomic mass is 10.1. The van der Waals surface area contributed by atoms with Gasteiger partial charge in [0.15, 0.2) is 0 Å². The fourth-order valence-corrected chi connectivity index (χ4v) is 2.47. The number of benzene rings is 1. The molecule has 0 aromatic heterocycles. The molecule has 1 atom stereocenters. The van der Waals surface area contributed by atoms with Gasteiger partial charge in [-0.05, 0) is 31.2 Å². The Morgan fingerprint density at radius 1 is 1.39 bits per heavy atom. The Labute approximate surface area is 109 Å². The van der Waals surface area contributed by atoms with Crippen LogP contribution in [0.3, 0.4) is 0 Å². The molecule has 0 radical (unpaired) electrons. The average Bonchev–Trinajstić information content (AvgIpc) is 2.28. The monoisotopic (exact) mass is 271 g/mol. The van der Waals surface area contributed by atoms with Gasteiger partial charge in [-0.25, -0.2) is 8.42 Å². The minimum Gasteiger partial charge on any atom is -0.508 e. The van der Waals surface area contributed by atoms with Crippen molar-refractivity contribution in [3.8, 4) is 5.75 Å². The molecule has 0 spiro atoms. The first kappa shape index (κ1) is 15.0. The largest absolute Gasteiger partial charge is 0.508 e. The summed E-state index contributed by atoms with van der Waals surface area (Å²) in [6.07, 6.45) is 1.25. The van der Waals surface area contributed by atoms with Crippen molar-refractivity contribution in [1.82, 2.24) is 4.90 Å². The normalized spacial score (nSPS) is 13.8. The Kier molecular flexibility index (Phi) is 5.16. The summed E-state index contributed by atoms with van der Waals surface area (Å²) >= 11 is 0. The molecule has 1 N–H and O–H groups in total.